The van der Waals surface area contributed by atoms with Crippen LogP contribution in [-0.4, -0.2) is 42.3 Å². The highest BCUT2D eigenvalue weighted by Crippen LogP contribution is 2.37. The summed E-state index contributed by atoms with van der Waals surface area (Å²) < 4.78 is 30.9. The molecule has 7 nitrogen and oxygen atoms in total. The van der Waals surface area contributed by atoms with Crippen LogP contribution in [0.4, 0.5) is 9.18 Å². The quantitative estimate of drug-likeness (QED) is 0.221. The number of carbonyl (C=O) groups is 3. The topological polar surface area (TPSA) is 82.1 Å². The summed E-state index contributed by atoms with van der Waals surface area (Å²) in [5, 5.41) is -0.538. The number of hydrogen-bond donors (Lipinski definition) is 0. The Morgan fingerprint density at radius 1 is 1.24 bits per heavy atom. The van der Waals surface area contributed by atoms with Gasteiger partial charge in [0.1, 0.15) is 19.0 Å². The number of ether oxygens (including phenoxy) is 3. The Balaban J connectivity index is 1.75. The smallest absolute Gasteiger partial charge is 0.326 e. The van der Waals surface area contributed by atoms with Crippen LogP contribution in [0.1, 0.15) is 25.0 Å². The van der Waals surface area contributed by atoms with Gasteiger partial charge in [0.2, 0.25) is 0 Å². The van der Waals surface area contributed by atoms with E-state index in [9.17, 15) is 18.8 Å². The van der Waals surface area contributed by atoms with Crippen LogP contribution >= 0.6 is 34.4 Å². The SMILES string of the molecule is COc1cc(/C=C2/SC(=O)N(CC(=O)OCC(C)C)C2=O)cc(I)c1OCc1ccccc1F. The van der Waals surface area contributed by atoms with Crippen LogP contribution < -0.4 is 9.47 Å². The van der Waals surface area contributed by atoms with Gasteiger partial charge in [-0.15, -0.1) is 0 Å². The van der Waals surface area contributed by atoms with Crippen LogP contribution in [0.2, 0.25) is 0 Å². The molecule has 0 radical (unpaired) electrons. The molecule has 2 aromatic rings. The van der Waals surface area contributed by atoms with Crippen molar-refractivity contribution in [3.8, 4) is 11.5 Å². The van der Waals surface area contributed by atoms with Gasteiger partial charge in [-0.1, -0.05) is 32.0 Å². The number of methoxy groups -OCH3 is 1. The second-order valence-electron chi connectivity index (χ2n) is 7.76. The standard InChI is InChI=1S/C24H23FINO6S/c1-14(2)12-32-21(28)11-27-23(29)20(34-24(27)30)10-15-8-18(26)22(19(9-15)31-3)33-13-16-6-4-5-7-17(16)25/h4-10,14H,11-13H2,1-3H3/b20-10+. The van der Waals surface area contributed by atoms with Crippen molar-refractivity contribution in [2.45, 2.75) is 20.5 Å². The molecule has 180 valence electrons. The number of halogens is 2. The van der Waals surface area contributed by atoms with E-state index < -0.39 is 23.7 Å². The third kappa shape index (κ3) is 6.50. The molecule has 2 amide bonds. The molecule has 0 bridgehead atoms. The maximum Gasteiger partial charge on any atom is 0.326 e. The van der Waals surface area contributed by atoms with Gasteiger partial charge in [-0.2, -0.15) is 0 Å². The molecule has 2 aromatic carbocycles. The molecular formula is C24H23FINO6S. The Bertz CT molecular complexity index is 1140. The molecule has 0 spiro atoms. The molecule has 34 heavy (non-hydrogen) atoms. The molecular weight excluding hydrogens is 576 g/mol. The fourth-order valence-electron chi connectivity index (χ4n) is 2.95. The highest BCUT2D eigenvalue weighted by atomic mass is 127. The summed E-state index contributed by atoms with van der Waals surface area (Å²) in [6.45, 7) is 3.58. The van der Waals surface area contributed by atoms with Crippen LogP contribution in [0, 0.1) is 15.3 Å². The maximum absolute atomic E-state index is 13.9. The lowest BCUT2D eigenvalue weighted by atomic mass is 10.1. The average molecular weight is 599 g/mol. The Morgan fingerprint density at radius 3 is 2.65 bits per heavy atom. The Hall–Kier alpha value is -2.60. The third-order valence-electron chi connectivity index (χ3n) is 4.62. The number of carbonyl (C=O) groups excluding carboxylic acids is 3. The summed E-state index contributed by atoms with van der Waals surface area (Å²) in [5.74, 6) is -0.586. The zero-order chi connectivity index (χ0) is 24.8. The van der Waals surface area contributed by atoms with Crippen molar-refractivity contribution in [2.24, 2.45) is 5.92 Å². The van der Waals surface area contributed by atoms with Crippen LogP contribution in [0.15, 0.2) is 41.3 Å². The van der Waals surface area contributed by atoms with Crippen molar-refractivity contribution in [3.63, 3.8) is 0 Å². The fraction of sp³-hybridized carbons (Fsp3) is 0.292. The molecule has 0 atom stereocenters. The van der Waals surface area contributed by atoms with Crippen molar-refractivity contribution in [1.29, 1.82) is 0 Å². The van der Waals surface area contributed by atoms with Gasteiger partial charge in [-0.3, -0.25) is 19.3 Å². The van der Waals surface area contributed by atoms with Crippen molar-refractivity contribution in [3.05, 3.63) is 61.8 Å². The summed E-state index contributed by atoms with van der Waals surface area (Å²) >= 11 is 2.81. The van der Waals surface area contributed by atoms with E-state index in [-0.39, 0.29) is 29.9 Å². The van der Waals surface area contributed by atoms with Crippen molar-refractivity contribution in [2.75, 3.05) is 20.3 Å². The van der Waals surface area contributed by atoms with Gasteiger partial charge in [0, 0.05) is 5.56 Å². The molecule has 1 saturated heterocycles. The fourth-order valence-corrected chi connectivity index (χ4v) is 4.57. The average Bonchev–Trinajstić information content (AvgIpc) is 3.05. The number of amides is 2. The highest BCUT2D eigenvalue weighted by molar-refractivity contribution is 14.1. The molecule has 3 rings (SSSR count). The second-order valence-corrected chi connectivity index (χ2v) is 9.91. The first-order chi connectivity index (χ1) is 16.2. The molecule has 10 heteroatoms. The Labute approximate surface area is 214 Å². The third-order valence-corrected chi connectivity index (χ3v) is 6.33. The lowest BCUT2D eigenvalue weighted by molar-refractivity contribution is -0.147. The molecule has 0 N–H and O–H groups in total. The van der Waals surface area contributed by atoms with E-state index in [0.717, 1.165) is 16.7 Å². The van der Waals surface area contributed by atoms with Crippen LogP contribution in [-0.2, 0) is 20.9 Å². The summed E-state index contributed by atoms with van der Waals surface area (Å²) in [5.41, 5.74) is 1.01. The summed E-state index contributed by atoms with van der Waals surface area (Å²) in [7, 11) is 1.47. The van der Waals surface area contributed by atoms with E-state index in [0.29, 0.717) is 26.2 Å². The van der Waals surface area contributed by atoms with Crippen LogP contribution in [0.25, 0.3) is 6.08 Å². The monoisotopic (exact) mass is 599 g/mol. The molecule has 1 aliphatic heterocycles. The van der Waals surface area contributed by atoms with Crippen molar-refractivity contribution in [1.82, 2.24) is 4.90 Å². The minimum absolute atomic E-state index is 0.0180. The van der Waals surface area contributed by atoms with Crippen LogP contribution in [0.5, 0.6) is 11.5 Å². The van der Waals surface area contributed by atoms with Crippen molar-refractivity contribution < 1.29 is 33.0 Å². The minimum Gasteiger partial charge on any atom is -0.493 e. The summed E-state index contributed by atoms with van der Waals surface area (Å²) in [6, 6.07) is 9.74. The van der Waals surface area contributed by atoms with E-state index >= 15 is 0 Å². The molecule has 0 aromatic heterocycles. The number of thioether (sulfide) groups is 1. The summed E-state index contributed by atoms with van der Waals surface area (Å²) in [6.07, 6.45) is 1.55. The normalized spacial score (nSPS) is 14.8. The van der Waals surface area contributed by atoms with Gasteiger partial charge in [-0.05, 0) is 70.1 Å². The largest absolute Gasteiger partial charge is 0.493 e. The first-order valence-corrected chi connectivity index (χ1v) is 12.2. The number of benzene rings is 2. The Morgan fingerprint density at radius 2 is 1.97 bits per heavy atom. The van der Waals surface area contributed by atoms with E-state index in [1.165, 1.54) is 13.2 Å². The zero-order valence-electron chi connectivity index (χ0n) is 18.8. The van der Waals surface area contributed by atoms with Gasteiger partial charge < -0.3 is 14.2 Å². The van der Waals surface area contributed by atoms with E-state index in [2.05, 4.69) is 22.6 Å². The van der Waals surface area contributed by atoms with Gasteiger partial charge in [-0.25, -0.2) is 4.39 Å². The predicted octanol–water partition coefficient (Wildman–Crippen LogP) is 5.25. The number of imide groups is 1. The highest BCUT2D eigenvalue weighted by Gasteiger charge is 2.36. The van der Waals surface area contributed by atoms with Gasteiger partial charge in [0.15, 0.2) is 11.5 Å². The van der Waals surface area contributed by atoms with E-state index in [1.54, 1.807) is 36.4 Å². The number of nitrogens with zero attached hydrogens (tertiary/aromatic N) is 1. The maximum atomic E-state index is 13.9. The van der Waals surface area contributed by atoms with E-state index in [4.69, 9.17) is 14.2 Å². The number of rotatable bonds is 9. The van der Waals surface area contributed by atoms with Gasteiger partial charge >= 0.3 is 5.97 Å². The number of esters is 1. The molecule has 0 aliphatic carbocycles. The second kappa shape index (κ2) is 11.7. The van der Waals surface area contributed by atoms with Crippen LogP contribution in [0.3, 0.4) is 0 Å². The number of hydrogen-bond acceptors (Lipinski definition) is 7. The zero-order valence-corrected chi connectivity index (χ0v) is 21.8. The lowest BCUT2D eigenvalue weighted by Gasteiger charge is -2.14. The Kier molecular flexibility index (Phi) is 8.95. The van der Waals surface area contributed by atoms with Crippen molar-refractivity contribution >= 4 is 57.5 Å². The summed E-state index contributed by atoms with van der Waals surface area (Å²) in [4.78, 5) is 38.0. The van der Waals surface area contributed by atoms with Gasteiger partial charge in [0.05, 0.1) is 22.2 Å². The molecule has 1 fully saturated rings. The first-order valence-electron chi connectivity index (χ1n) is 10.3. The first kappa shape index (κ1) is 26.0. The molecule has 1 heterocycles. The lowest BCUT2D eigenvalue weighted by Crippen LogP contribution is -2.34. The minimum atomic E-state index is -0.634. The molecule has 0 saturated carbocycles. The van der Waals surface area contributed by atoms with Gasteiger partial charge in [0.25, 0.3) is 11.1 Å². The molecule has 1 aliphatic rings. The van der Waals surface area contributed by atoms with E-state index in [1.807, 2.05) is 13.8 Å². The predicted molar refractivity (Wildman–Crippen MR) is 135 cm³/mol. The molecule has 0 unspecified atom stereocenters.